The van der Waals surface area contributed by atoms with E-state index in [1.165, 1.54) is 13.0 Å². The monoisotopic (exact) mass is 386 g/mol. The molecule has 1 N–H and O–H groups in total. The van der Waals surface area contributed by atoms with Crippen molar-refractivity contribution in [3.8, 4) is 5.75 Å². The van der Waals surface area contributed by atoms with Gasteiger partial charge in [0.05, 0.1) is 25.7 Å². The standard InChI is InChI=1S/C21H26N2O5/c1-13(2)28-20(25)11-18(15-6-8-17(27-5)9-7-15)22-21(26)19-10-16(14(3)24)12-23(19)4/h6-10,12-13,18H,11H2,1-5H3,(H,22,26). The maximum atomic E-state index is 12.8. The highest BCUT2D eigenvalue weighted by molar-refractivity contribution is 5.99. The molecule has 28 heavy (non-hydrogen) atoms. The Labute approximate surface area is 164 Å². The van der Waals surface area contributed by atoms with Gasteiger partial charge in [-0.1, -0.05) is 12.1 Å². The summed E-state index contributed by atoms with van der Waals surface area (Å²) in [5.41, 5.74) is 1.53. The summed E-state index contributed by atoms with van der Waals surface area (Å²) < 4.78 is 12.0. The zero-order chi connectivity index (χ0) is 20.8. The lowest BCUT2D eigenvalue weighted by atomic mass is 10.0. The number of nitrogens with zero attached hydrogens (tertiary/aromatic N) is 1. The predicted octanol–water partition coefficient (Wildman–Crippen LogP) is 3.05. The number of hydrogen-bond donors (Lipinski definition) is 1. The number of ketones is 1. The second kappa shape index (κ2) is 9.21. The van der Waals surface area contributed by atoms with Crippen LogP contribution >= 0.6 is 0 Å². The van der Waals surface area contributed by atoms with Gasteiger partial charge in [-0.3, -0.25) is 14.4 Å². The largest absolute Gasteiger partial charge is 0.497 e. The van der Waals surface area contributed by atoms with Crippen molar-refractivity contribution in [1.82, 2.24) is 9.88 Å². The zero-order valence-corrected chi connectivity index (χ0v) is 16.8. The first-order valence-corrected chi connectivity index (χ1v) is 9.02. The minimum Gasteiger partial charge on any atom is -0.497 e. The highest BCUT2D eigenvalue weighted by Gasteiger charge is 2.23. The molecule has 1 heterocycles. The SMILES string of the molecule is COc1ccc(C(CC(=O)OC(C)C)NC(=O)c2cc(C(C)=O)cn2C)cc1. The van der Waals surface area contributed by atoms with E-state index in [4.69, 9.17) is 9.47 Å². The van der Waals surface area contributed by atoms with Crippen LogP contribution in [0.2, 0.25) is 0 Å². The molecule has 0 fully saturated rings. The van der Waals surface area contributed by atoms with Crippen LogP contribution in [-0.2, 0) is 16.6 Å². The van der Waals surface area contributed by atoms with E-state index in [0.29, 0.717) is 17.0 Å². The number of nitrogens with one attached hydrogen (secondary N) is 1. The third kappa shape index (κ3) is 5.45. The summed E-state index contributed by atoms with van der Waals surface area (Å²) in [7, 11) is 3.26. The molecule has 0 spiro atoms. The van der Waals surface area contributed by atoms with Crippen LogP contribution in [0.5, 0.6) is 5.75 Å². The van der Waals surface area contributed by atoms with Gasteiger partial charge in [-0.05, 0) is 44.5 Å². The van der Waals surface area contributed by atoms with Gasteiger partial charge in [0.2, 0.25) is 0 Å². The number of ether oxygens (including phenoxy) is 2. The number of esters is 1. The average molecular weight is 386 g/mol. The number of Topliss-reactive ketones (excluding diaryl/α,β-unsaturated/α-hetero) is 1. The van der Waals surface area contributed by atoms with Crippen molar-refractivity contribution in [2.75, 3.05) is 7.11 Å². The number of carbonyl (C=O) groups is 3. The molecule has 2 aromatic rings. The Morgan fingerprint density at radius 2 is 1.79 bits per heavy atom. The van der Waals surface area contributed by atoms with Crippen LogP contribution in [0.15, 0.2) is 36.5 Å². The zero-order valence-electron chi connectivity index (χ0n) is 16.8. The fourth-order valence-corrected chi connectivity index (χ4v) is 2.78. The molecule has 0 aliphatic heterocycles. The first-order chi connectivity index (χ1) is 13.2. The molecule has 0 bridgehead atoms. The molecular formula is C21H26N2O5. The molecule has 1 atom stereocenters. The van der Waals surface area contributed by atoms with E-state index < -0.39 is 12.0 Å². The number of amides is 1. The first kappa shape index (κ1) is 21.2. The minimum atomic E-state index is -0.583. The van der Waals surface area contributed by atoms with Gasteiger partial charge >= 0.3 is 5.97 Å². The highest BCUT2D eigenvalue weighted by Crippen LogP contribution is 2.22. The second-order valence-corrected chi connectivity index (χ2v) is 6.82. The molecule has 1 amide bonds. The third-order valence-corrected chi connectivity index (χ3v) is 4.21. The maximum Gasteiger partial charge on any atom is 0.308 e. The van der Waals surface area contributed by atoms with E-state index in [2.05, 4.69) is 5.32 Å². The van der Waals surface area contributed by atoms with Crippen molar-refractivity contribution >= 4 is 17.7 Å². The summed E-state index contributed by atoms with van der Waals surface area (Å²) in [5.74, 6) is -0.241. The number of carbonyl (C=O) groups excluding carboxylic acids is 3. The summed E-state index contributed by atoms with van der Waals surface area (Å²) in [6.45, 7) is 4.98. The lowest BCUT2D eigenvalue weighted by Crippen LogP contribution is -2.32. The van der Waals surface area contributed by atoms with Gasteiger partial charge in [-0.15, -0.1) is 0 Å². The normalized spacial score (nSPS) is 11.8. The van der Waals surface area contributed by atoms with E-state index in [1.807, 2.05) is 0 Å². The van der Waals surface area contributed by atoms with Crippen LogP contribution in [0.3, 0.4) is 0 Å². The van der Waals surface area contributed by atoms with Gasteiger partial charge in [0.15, 0.2) is 5.78 Å². The van der Waals surface area contributed by atoms with Crippen LogP contribution in [-0.4, -0.2) is 35.4 Å². The maximum absolute atomic E-state index is 12.8. The molecule has 7 nitrogen and oxygen atoms in total. The summed E-state index contributed by atoms with van der Waals surface area (Å²) in [4.78, 5) is 36.6. The van der Waals surface area contributed by atoms with Crippen LogP contribution in [0.4, 0.5) is 0 Å². The third-order valence-electron chi connectivity index (χ3n) is 4.21. The molecule has 1 unspecified atom stereocenters. The summed E-state index contributed by atoms with van der Waals surface area (Å²) >= 11 is 0. The lowest BCUT2D eigenvalue weighted by molar-refractivity contribution is -0.147. The molecule has 0 aliphatic carbocycles. The predicted molar refractivity (Wildman–Crippen MR) is 104 cm³/mol. The van der Waals surface area contributed by atoms with Crippen LogP contribution in [0, 0.1) is 0 Å². The smallest absolute Gasteiger partial charge is 0.308 e. The van der Waals surface area contributed by atoms with Gasteiger partial charge in [0, 0.05) is 18.8 Å². The molecular weight excluding hydrogens is 360 g/mol. The van der Waals surface area contributed by atoms with Crippen LogP contribution < -0.4 is 10.1 Å². The molecule has 150 valence electrons. The Kier molecular flexibility index (Phi) is 6.98. The van der Waals surface area contributed by atoms with E-state index in [1.54, 1.807) is 63.0 Å². The van der Waals surface area contributed by atoms with Crippen molar-refractivity contribution in [1.29, 1.82) is 0 Å². The van der Waals surface area contributed by atoms with E-state index in [9.17, 15) is 14.4 Å². The van der Waals surface area contributed by atoms with Gasteiger partial charge in [-0.25, -0.2) is 0 Å². The second-order valence-electron chi connectivity index (χ2n) is 6.82. The van der Waals surface area contributed by atoms with Gasteiger partial charge < -0.3 is 19.4 Å². The van der Waals surface area contributed by atoms with Gasteiger partial charge in [0.1, 0.15) is 11.4 Å². The Balaban J connectivity index is 2.26. The van der Waals surface area contributed by atoms with Crippen molar-refractivity contribution in [3.05, 3.63) is 53.3 Å². The Morgan fingerprint density at radius 1 is 1.14 bits per heavy atom. The number of aromatic nitrogens is 1. The topological polar surface area (TPSA) is 86.6 Å². The number of methoxy groups -OCH3 is 1. The van der Waals surface area contributed by atoms with E-state index >= 15 is 0 Å². The van der Waals surface area contributed by atoms with E-state index in [-0.39, 0.29) is 24.2 Å². The Morgan fingerprint density at radius 3 is 2.29 bits per heavy atom. The molecule has 7 heteroatoms. The van der Waals surface area contributed by atoms with Crippen LogP contribution in [0.25, 0.3) is 0 Å². The van der Waals surface area contributed by atoms with Crippen molar-refractivity contribution < 1.29 is 23.9 Å². The number of hydrogen-bond acceptors (Lipinski definition) is 5. The van der Waals surface area contributed by atoms with Gasteiger partial charge in [0.25, 0.3) is 5.91 Å². The van der Waals surface area contributed by atoms with Crippen molar-refractivity contribution in [2.45, 2.75) is 39.3 Å². The van der Waals surface area contributed by atoms with Crippen molar-refractivity contribution in [3.63, 3.8) is 0 Å². The van der Waals surface area contributed by atoms with Gasteiger partial charge in [-0.2, -0.15) is 0 Å². The summed E-state index contributed by atoms with van der Waals surface area (Å²) in [6, 6.07) is 8.06. The molecule has 1 aromatic heterocycles. The van der Waals surface area contributed by atoms with Crippen molar-refractivity contribution in [2.24, 2.45) is 7.05 Å². The summed E-state index contributed by atoms with van der Waals surface area (Å²) in [6.07, 6.45) is 1.35. The lowest BCUT2D eigenvalue weighted by Gasteiger charge is -2.20. The fraction of sp³-hybridized carbons (Fsp3) is 0.381. The Hall–Kier alpha value is -3.09. The van der Waals surface area contributed by atoms with Crippen LogP contribution in [0.1, 0.15) is 59.6 Å². The minimum absolute atomic E-state index is 0.0137. The molecule has 2 rings (SSSR count). The molecule has 0 saturated heterocycles. The number of aryl methyl sites for hydroxylation is 1. The fourth-order valence-electron chi connectivity index (χ4n) is 2.78. The molecule has 1 aromatic carbocycles. The molecule has 0 saturated carbocycles. The first-order valence-electron chi connectivity index (χ1n) is 9.02. The molecule has 0 radical (unpaired) electrons. The quantitative estimate of drug-likeness (QED) is 0.557. The van der Waals surface area contributed by atoms with E-state index in [0.717, 1.165) is 5.56 Å². The average Bonchev–Trinajstić information content (AvgIpc) is 3.02. The Bertz CT molecular complexity index is 852. The number of benzene rings is 1. The molecule has 0 aliphatic rings. The number of rotatable bonds is 8. The summed E-state index contributed by atoms with van der Waals surface area (Å²) in [5, 5.41) is 2.87. The highest BCUT2D eigenvalue weighted by atomic mass is 16.5.